The van der Waals surface area contributed by atoms with Crippen LogP contribution in [0.5, 0.6) is 0 Å². The van der Waals surface area contributed by atoms with Crippen molar-refractivity contribution in [3.63, 3.8) is 0 Å². The van der Waals surface area contributed by atoms with Crippen molar-refractivity contribution in [2.45, 2.75) is 78.1 Å². The maximum atomic E-state index is 13.2. The third-order valence-corrected chi connectivity index (χ3v) is 8.25. The van der Waals surface area contributed by atoms with Gasteiger partial charge in [-0.05, 0) is 36.8 Å². The van der Waals surface area contributed by atoms with E-state index in [4.69, 9.17) is 4.74 Å². The van der Waals surface area contributed by atoms with Gasteiger partial charge in [0, 0.05) is 17.1 Å². The van der Waals surface area contributed by atoms with Crippen molar-refractivity contribution in [1.29, 1.82) is 0 Å². The fourth-order valence-electron chi connectivity index (χ4n) is 3.65. The van der Waals surface area contributed by atoms with Crippen LogP contribution in [-0.2, 0) is 28.7 Å². The van der Waals surface area contributed by atoms with Crippen LogP contribution in [0, 0.1) is 11.8 Å². The molecule has 0 fully saturated rings. The molecule has 0 saturated carbocycles. The van der Waals surface area contributed by atoms with Crippen LogP contribution in [0.25, 0.3) is 0 Å². The lowest BCUT2D eigenvalue weighted by Gasteiger charge is -2.27. The topological polar surface area (TPSA) is 131 Å². The Kier molecular flexibility index (Phi) is 12.0. The van der Waals surface area contributed by atoms with E-state index in [9.17, 15) is 24.0 Å². The van der Waals surface area contributed by atoms with Crippen LogP contribution in [0.3, 0.4) is 0 Å². The number of rotatable bonds is 3. The Bertz CT molecular complexity index is 902. The summed E-state index contributed by atoms with van der Waals surface area (Å²) in [5, 5.41) is 8.24. The zero-order valence-corrected chi connectivity index (χ0v) is 23.1. The fourth-order valence-corrected chi connectivity index (χ4v) is 5.81. The largest absolute Gasteiger partial charge is 0.454 e. The van der Waals surface area contributed by atoms with Crippen molar-refractivity contribution in [3.05, 3.63) is 23.8 Å². The highest BCUT2D eigenvalue weighted by Crippen LogP contribution is 2.24. The smallest absolute Gasteiger partial charge is 0.335 e. The first-order valence-corrected chi connectivity index (χ1v) is 14.8. The second-order valence-corrected chi connectivity index (χ2v) is 12.1. The van der Waals surface area contributed by atoms with E-state index >= 15 is 0 Å². The molecule has 200 valence electrons. The van der Waals surface area contributed by atoms with Gasteiger partial charge in [-0.3, -0.25) is 19.2 Å². The highest BCUT2D eigenvalue weighted by Gasteiger charge is 2.32. The van der Waals surface area contributed by atoms with Gasteiger partial charge < -0.3 is 20.7 Å². The quantitative estimate of drug-likeness (QED) is 0.283. The first-order chi connectivity index (χ1) is 17.0. The molecule has 9 nitrogen and oxygen atoms in total. The van der Waals surface area contributed by atoms with Gasteiger partial charge in [-0.2, -0.15) is 0 Å². The van der Waals surface area contributed by atoms with Crippen molar-refractivity contribution >= 4 is 51.1 Å². The molecule has 2 aliphatic heterocycles. The summed E-state index contributed by atoms with van der Waals surface area (Å²) in [7, 11) is 2.99. The lowest BCUT2D eigenvalue weighted by atomic mass is 9.98. The minimum absolute atomic E-state index is 0.166. The van der Waals surface area contributed by atoms with E-state index in [1.54, 1.807) is 51.5 Å². The number of carbonyl (C=O) groups excluding carboxylic acids is 5. The van der Waals surface area contributed by atoms with Crippen LogP contribution in [0.2, 0.25) is 0 Å². The lowest BCUT2D eigenvalue weighted by Crippen LogP contribution is -2.57. The molecule has 3 amide bonds. The van der Waals surface area contributed by atoms with Gasteiger partial charge in [0.2, 0.25) is 17.7 Å². The summed E-state index contributed by atoms with van der Waals surface area (Å²) in [6.45, 7) is 8.88. The molecule has 2 aliphatic rings. The van der Waals surface area contributed by atoms with E-state index in [0.717, 1.165) is 5.75 Å². The Hall–Kier alpha value is -2.27. The number of hydrogen-bond acceptors (Lipinski definition) is 8. The number of hydrogen-bond donors (Lipinski definition) is 3. The molecule has 4 atom stereocenters. The fraction of sp³-hybridized carbons (Fsp3) is 0.640. The van der Waals surface area contributed by atoms with Gasteiger partial charge in [0.25, 0.3) is 0 Å². The molecule has 1 unspecified atom stereocenters. The number of esters is 1. The van der Waals surface area contributed by atoms with E-state index in [2.05, 4.69) is 16.0 Å². The normalized spacial score (nSPS) is 27.6. The highest BCUT2D eigenvalue weighted by molar-refractivity contribution is 8.76. The van der Waals surface area contributed by atoms with Crippen molar-refractivity contribution < 1.29 is 28.7 Å². The Morgan fingerprint density at radius 2 is 1.72 bits per heavy atom. The number of carbonyl (C=O) groups is 5. The molecule has 0 saturated heterocycles. The molecule has 3 N–H and O–H groups in total. The van der Waals surface area contributed by atoms with E-state index in [0.29, 0.717) is 12.8 Å². The van der Waals surface area contributed by atoms with Crippen molar-refractivity contribution in [2.75, 3.05) is 11.5 Å². The number of nitrogens with one attached hydrogen (secondary N) is 3. The van der Waals surface area contributed by atoms with Crippen molar-refractivity contribution in [2.24, 2.45) is 11.8 Å². The van der Waals surface area contributed by atoms with E-state index < -0.39 is 53.7 Å². The van der Waals surface area contributed by atoms with Crippen molar-refractivity contribution in [3.8, 4) is 0 Å². The summed E-state index contributed by atoms with van der Waals surface area (Å²) in [5.74, 6) is -2.15. The first kappa shape index (κ1) is 30.0. The van der Waals surface area contributed by atoms with Crippen LogP contribution in [0.1, 0.15) is 53.9 Å². The van der Waals surface area contributed by atoms with Gasteiger partial charge in [0.05, 0.1) is 12.5 Å². The predicted octanol–water partition coefficient (Wildman–Crippen LogP) is 2.32. The van der Waals surface area contributed by atoms with Crippen LogP contribution in [-0.4, -0.2) is 65.2 Å². The van der Waals surface area contributed by atoms with Crippen LogP contribution in [0.4, 0.5) is 0 Å². The van der Waals surface area contributed by atoms with E-state index in [-0.39, 0.29) is 29.6 Å². The van der Waals surface area contributed by atoms with Gasteiger partial charge in [0.15, 0.2) is 5.78 Å². The SMILES string of the molecule is CCC1NC(=O)[C@H]2CSSCCC=C[C@H](CC(=O)N[C@H](C(C)C)C(=O)N2)OC(=O)C(C(C)C)=CC1=O. The molecule has 0 radical (unpaired) electrons. The maximum Gasteiger partial charge on any atom is 0.335 e. The van der Waals surface area contributed by atoms with Gasteiger partial charge in [-0.25, -0.2) is 4.79 Å². The predicted molar refractivity (Wildman–Crippen MR) is 142 cm³/mol. The van der Waals surface area contributed by atoms with Gasteiger partial charge in [-0.15, -0.1) is 0 Å². The average Bonchev–Trinajstić information content (AvgIpc) is 2.81. The first-order valence-electron chi connectivity index (χ1n) is 12.3. The monoisotopic (exact) mass is 539 g/mol. The second-order valence-electron chi connectivity index (χ2n) is 9.45. The minimum atomic E-state index is -0.908. The van der Waals surface area contributed by atoms with Gasteiger partial charge >= 0.3 is 5.97 Å². The number of ketones is 1. The zero-order chi connectivity index (χ0) is 26.8. The Morgan fingerprint density at radius 1 is 1.00 bits per heavy atom. The Balaban J connectivity index is 2.59. The second kappa shape index (κ2) is 14.5. The molecule has 0 aromatic heterocycles. The van der Waals surface area contributed by atoms with Crippen LogP contribution < -0.4 is 16.0 Å². The van der Waals surface area contributed by atoms with Crippen LogP contribution in [0.15, 0.2) is 23.8 Å². The maximum absolute atomic E-state index is 13.2. The molecule has 0 aromatic rings. The lowest BCUT2D eigenvalue weighted by molar-refractivity contribution is -0.144. The highest BCUT2D eigenvalue weighted by atomic mass is 33.1. The minimum Gasteiger partial charge on any atom is -0.454 e. The standard InChI is InChI=1S/C25H37N3O6S2/c1-6-18-20(29)12-17(14(2)3)25(33)34-16-9-7-8-10-35-36-13-19(23(31)26-18)27-24(32)22(15(4)5)28-21(30)11-16/h7,9,12,14-16,18-19,22H,6,8,10-11,13H2,1-5H3,(H,26,31)(H,27,32)(H,28,30)/t16-,18?,19-,22-/m1/s1. The molecular weight excluding hydrogens is 502 g/mol. The molecule has 11 heteroatoms. The van der Waals surface area contributed by atoms with E-state index in [1.807, 2.05) is 6.08 Å². The third kappa shape index (κ3) is 8.99. The molecule has 0 spiro atoms. The summed E-state index contributed by atoms with van der Waals surface area (Å²) in [6, 6.07) is -2.66. The Labute approximate surface area is 220 Å². The summed E-state index contributed by atoms with van der Waals surface area (Å²) in [6.07, 6.45) is 4.67. The third-order valence-electron chi connectivity index (χ3n) is 5.80. The number of amides is 3. The zero-order valence-electron chi connectivity index (χ0n) is 21.5. The molecule has 2 heterocycles. The summed E-state index contributed by atoms with van der Waals surface area (Å²) in [4.78, 5) is 65.4. The summed E-state index contributed by atoms with van der Waals surface area (Å²) < 4.78 is 5.66. The molecule has 2 rings (SSSR count). The van der Waals surface area contributed by atoms with Crippen molar-refractivity contribution in [1.82, 2.24) is 16.0 Å². The van der Waals surface area contributed by atoms with Gasteiger partial charge in [0.1, 0.15) is 18.2 Å². The average molecular weight is 540 g/mol. The molecule has 2 bridgehead atoms. The molecular formula is C25H37N3O6S2. The molecule has 0 aromatic carbocycles. The molecule has 0 aliphatic carbocycles. The van der Waals surface area contributed by atoms with Gasteiger partial charge in [-0.1, -0.05) is 62.3 Å². The Morgan fingerprint density at radius 3 is 2.36 bits per heavy atom. The summed E-state index contributed by atoms with van der Waals surface area (Å²) >= 11 is 0. The molecule has 36 heavy (non-hydrogen) atoms. The van der Waals surface area contributed by atoms with Crippen LogP contribution >= 0.6 is 21.6 Å². The number of allylic oxidation sites excluding steroid dienone is 1. The summed E-state index contributed by atoms with van der Waals surface area (Å²) in [5.41, 5.74) is 0.166. The number of fused-ring (bicyclic) bond motifs is 7. The number of ether oxygens (including phenoxy) is 1. The van der Waals surface area contributed by atoms with E-state index in [1.165, 1.54) is 16.9 Å².